The molecule has 76 heavy (non-hydrogen) atoms. The Balaban J connectivity index is 0.000000186. The number of carbonyl (C=O) groups excluding carboxylic acids is 2. The lowest BCUT2D eigenvalue weighted by Crippen LogP contribution is -2.24. The van der Waals surface area contributed by atoms with Crippen molar-refractivity contribution >= 4 is 89.7 Å². The first-order valence-electron chi connectivity index (χ1n) is 23.9. The van der Waals surface area contributed by atoms with Gasteiger partial charge < -0.3 is 35.4 Å². The molecule has 6 aromatic rings. The average molecular weight is 1160 g/mol. The standard InChI is InChI=1S/C25H27ClN4O7S2.C24H25ClN4O6S2/c26-15-2-1-13-3-4-36-24(17(13)6-15)18-8-21(38-22(18)10-31)23(33)19-9-28-12-29-25(19)30-16-5-14(20(32)7-16)11-37-39(27,34)35;25-18-3-1-2-13-4-5-34-23(21(13)18)15-7-20(36-11-15)22(31)17-9-27-12-28-24(17)29-16-6-14(19(30)8-16)10-35-37(26,32)33/h1-2,6,8-9,12,14,16,20,24,31-32H,3-5,7,10-11H2,(H2,27,34,35)(H,28,29,30);1-3,7,9,11-12,14,16,19,23,30H,4-6,8,10H2,(H2,26,32,33)(H,27,28,29)/t14-,16-,20+,24?;14-,16-,19+,23?/m11/s1. The average Bonchev–Trinajstić information content (AvgIpc) is 4.25. The van der Waals surface area contributed by atoms with E-state index in [4.69, 9.17) is 43.0 Å². The Morgan fingerprint density at radius 2 is 1.32 bits per heavy atom. The van der Waals surface area contributed by atoms with Gasteiger partial charge in [0.15, 0.2) is 0 Å². The summed E-state index contributed by atoms with van der Waals surface area (Å²) >= 11 is 15.2. The molecule has 0 bridgehead atoms. The summed E-state index contributed by atoms with van der Waals surface area (Å²) in [6.07, 6.45) is 6.04. The number of hydrogen-bond acceptors (Lipinski definition) is 21. The molecule has 6 heterocycles. The normalized spacial score (nSPS) is 23.2. The van der Waals surface area contributed by atoms with Gasteiger partial charge in [0.2, 0.25) is 11.6 Å². The second-order valence-electron chi connectivity index (χ2n) is 18.6. The van der Waals surface area contributed by atoms with E-state index >= 15 is 0 Å². The molecule has 4 aliphatic rings. The highest BCUT2D eigenvalue weighted by molar-refractivity contribution is 7.84. The molecular formula is C49H52Cl2N8O13S4. The zero-order valence-corrected chi connectivity index (χ0v) is 44.9. The van der Waals surface area contributed by atoms with E-state index in [1.807, 2.05) is 47.8 Å². The molecule has 2 unspecified atom stereocenters. The summed E-state index contributed by atoms with van der Waals surface area (Å²) in [6, 6.07) is 14.5. The predicted octanol–water partition coefficient (Wildman–Crippen LogP) is 5.20. The lowest BCUT2D eigenvalue weighted by molar-refractivity contribution is 0.0688. The van der Waals surface area contributed by atoms with E-state index in [9.17, 15) is 41.7 Å². The molecule has 27 heteroatoms. The van der Waals surface area contributed by atoms with E-state index in [1.54, 1.807) is 6.07 Å². The van der Waals surface area contributed by atoms with Crippen LogP contribution in [0.3, 0.4) is 0 Å². The third-order valence-electron chi connectivity index (χ3n) is 13.5. The Morgan fingerprint density at radius 3 is 1.91 bits per heavy atom. The topological polar surface area (TPSA) is 328 Å². The summed E-state index contributed by atoms with van der Waals surface area (Å²) in [7, 11) is -8.22. The van der Waals surface area contributed by atoms with Gasteiger partial charge in [-0.2, -0.15) is 16.8 Å². The van der Waals surface area contributed by atoms with Crippen LogP contribution < -0.4 is 20.9 Å². The monoisotopic (exact) mass is 1160 g/mol. The van der Waals surface area contributed by atoms with Gasteiger partial charge in [0.1, 0.15) is 36.5 Å². The zero-order chi connectivity index (χ0) is 53.9. The van der Waals surface area contributed by atoms with E-state index < -0.39 is 50.8 Å². The molecule has 21 nitrogen and oxygen atoms in total. The number of thiophene rings is 2. The number of aliphatic hydroxyl groups excluding tert-OH is 3. The fourth-order valence-corrected chi connectivity index (χ4v) is 13.0. The van der Waals surface area contributed by atoms with Gasteiger partial charge in [-0.3, -0.25) is 18.0 Å². The van der Waals surface area contributed by atoms with Crippen LogP contribution in [-0.4, -0.2) is 114 Å². The molecule has 0 saturated heterocycles. The Morgan fingerprint density at radius 1 is 0.737 bits per heavy atom. The van der Waals surface area contributed by atoms with E-state index in [0.29, 0.717) is 75.0 Å². The molecule has 2 aromatic carbocycles. The summed E-state index contributed by atoms with van der Waals surface area (Å²) in [4.78, 5) is 45.2. The maximum absolute atomic E-state index is 13.6. The first-order chi connectivity index (χ1) is 36.3. The Labute approximate surface area is 455 Å². The molecule has 0 radical (unpaired) electrons. The quantitative estimate of drug-likeness (QED) is 0.0577. The number of benzene rings is 2. The molecule has 0 amide bonds. The molecule has 8 atom stereocenters. The maximum atomic E-state index is 13.6. The highest BCUT2D eigenvalue weighted by Gasteiger charge is 2.37. The number of aliphatic hydroxyl groups is 3. The maximum Gasteiger partial charge on any atom is 0.333 e. The molecule has 2 aliphatic carbocycles. The molecule has 2 fully saturated rings. The van der Waals surface area contributed by atoms with Crippen LogP contribution in [0.25, 0.3) is 0 Å². The van der Waals surface area contributed by atoms with E-state index in [0.717, 1.165) is 40.7 Å². The van der Waals surface area contributed by atoms with Crippen LogP contribution in [0.4, 0.5) is 11.6 Å². The van der Waals surface area contributed by atoms with Gasteiger partial charge in [0.05, 0.1) is 66.1 Å². The molecule has 404 valence electrons. The number of aromatic nitrogens is 4. The number of rotatable bonds is 17. The smallest absolute Gasteiger partial charge is 0.333 e. The van der Waals surface area contributed by atoms with Crippen molar-refractivity contribution < 1.29 is 59.6 Å². The predicted molar refractivity (Wildman–Crippen MR) is 282 cm³/mol. The second-order valence-corrected chi connectivity index (χ2v) is 23.9. The number of carbonyl (C=O) groups is 2. The third kappa shape index (κ3) is 13.3. The van der Waals surface area contributed by atoms with Gasteiger partial charge in [0.25, 0.3) is 0 Å². The summed E-state index contributed by atoms with van der Waals surface area (Å²) < 4.78 is 65.8. The van der Waals surface area contributed by atoms with E-state index in [1.165, 1.54) is 47.7 Å². The van der Waals surface area contributed by atoms with Crippen molar-refractivity contribution in [3.05, 3.63) is 148 Å². The first-order valence-corrected chi connectivity index (χ1v) is 29.3. The highest BCUT2D eigenvalue weighted by atomic mass is 35.5. The number of nitrogens with zero attached hydrogens (tertiary/aromatic N) is 4. The number of nitrogens with two attached hydrogens (primary N) is 2. The first kappa shape index (κ1) is 55.8. The van der Waals surface area contributed by atoms with Gasteiger partial charge in [0, 0.05) is 62.4 Å². The van der Waals surface area contributed by atoms with Crippen molar-refractivity contribution in [2.45, 2.75) is 81.6 Å². The number of fused-ring (bicyclic) bond motifs is 2. The minimum absolute atomic E-state index is 0.220. The minimum Gasteiger partial charge on any atom is -0.393 e. The van der Waals surface area contributed by atoms with E-state index in [-0.39, 0.29) is 66.5 Å². The number of anilines is 2. The van der Waals surface area contributed by atoms with Crippen LogP contribution in [0.5, 0.6) is 0 Å². The van der Waals surface area contributed by atoms with Crippen LogP contribution >= 0.6 is 45.9 Å². The molecule has 2 aliphatic heterocycles. The third-order valence-corrected chi connectivity index (χ3v) is 17.1. The number of ketones is 2. The van der Waals surface area contributed by atoms with Crippen LogP contribution in [0.1, 0.15) is 107 Å². The van der Waals surface area contributed by atoms with Crippen LogP contribution in [-0.2, 0) is 57.9 Å². The number of nitrogens with one attached hydrogen (secondary N) is 2. The van der Waals surface area contributed by atoms with Crippen molar-refractivity contribution in [1.29, 1.82) is 0 Å². The van der Waals surface area contributed by atoms with Gasteiger partial charge in [-0.25, -0.2) is 30.2 Å². The van der Waals surface area contributed by atoms with Crippen LogP contribution in [0, 0.1) is 11.8 Å². The van der Waals surface area contributed by atoms with Crippen molar-refractivity contribution in [3.63, 3.8) is 0 Å². The number of halogens is 2. The Hall–Kier alpha value is -4.94. The van der Waals surface area contributed by atoms with Crippen molar-refractivity contribution in [2.75, 3.05) is 37.1 Å². The van der Waals surface area contributed by atoms with Gasteiger partial charge in [-0.15, -0.1) is 22.7 Å². The van der Waals surface area contributed by atoms with Gasteiger partial charge >= 0.3 is 20.6 Å². The van der Waals surface area contributed by atoms with Crippen molar-refractivity contribution in [1.82, 2.24) is 19.9 Å². The fraction of sp³-hybridized carbons (Fsp3) is 0.388. The minimum atomic E-state index is -4.12. The van der Waals surface area contributed by atoms with Gasteiger partial charge in [-0.05, 0) is 96.5 Å². The Bertz CT molecular complexity index is 3330. The van der Waals surface area contributed by atoms with E-state index in [2.05, 4.69) is 38.9 Å². The van der Waals surface area contributed by atoms with Crippen molar-refractivity contribution in [2.24, 2.45) is 22.1 Å². The molecule has 0 spiro atoms. The molecule has 4 aromatic heterocycles. The number of ether oxygens (including phenoxy) is 2. The fourth-order valence-electron chi connectivity index (χ4n) is 9.94. The van der Waals surface area contributed by atoms with Crippen LogP contribution in [0.2, 0.25) is 10.0 Å². The zero-order valence-electron chi connectivity index (χ0n) is 40.2. The summed E-state index contributed by atoms with van der Waals surface area (Å²) in [6.45, 7) is 0.339. The summed E-state index contributed by atoms with van der Waals surface area (Å²) in [5, 5.41) is 50.1. The Kier molecular flexibility index (Phi) is 17.6. The lowest BCUT2D eigenvalue weighted by Gasteiger charge is -2.26. The van der Waals surface area contributed by atoms with Crippen molar-refractivity contribution in [3.8, 4) is 0 Å². The SMILES string of the molecule is NS(=O)(=O)OC[C@H]1C[C@@H](Nc2ncncc2C(=O)c2cc(C3OCCc4ccc(Cl)cc43)c(CO)s2)C[C@@H]1O.NS(=O)(=O)OC[C@H]1C[C@@H](Nc2ncncc2C(=O)c2cc(C3OCCc4cccc(Cl)c43)cs2)C[C@@H]1O. The molecular weight excluding hydrogens is 1110 g/mol. The summed E-state index contributed by atoms with van der Waals surface area (Å²) in [5.41, 5.74) is 6.15. The molecule has 10 rings (SSSR count). The van der Waals surface area contributed by atoms with Gasteiger partial charge in [-0.1, -0.05) is 41.4 Å². The molecule has 9 N–H and O–H groups in total. The number of hydrogen-bond donors (Lipinski definition) is 7. The lowest BCUT2D eigenvalue weighted by atomic mass is 9.93. The second kappa shape index (κ2) is 24.0. The largest absolute Gasteiger partial charge is 0.393 e. The molecule has 2 saturated carbocycles. The summed E-state index contributed by atoms with van der Waals surface area (Å²) in [5.74, 6) is -0.849. The highest BCUT2D eigenvalue weighted by Crippen LogP contribution is 2.42. The van der Waals surface area contributed by atoms with Crippen LogP contribution in [0.15, 0.2) is 79.0 Å².